The normalized spacial score (nSPS) is 10.8. The maximum absolute atomic E-state index is 12.8. The van der Waals surface area contributed by atoms with Crippen LogP contribution >= 0.6 is 11.6 Å². The van der Waals surface area contributed by atoms with Crippen molar-refractivity contribution in [2.24, 2.45) is 0 Å². The highest BCUT2D eigenvalue weighted by Gasteiger charge is 2.13. The lowest BCUT2D eigenvalue weighted by atomic mass is 10.1. The van der Waals surface area contributed by atoms with Crippen LogP contribution < -0.4 is 5.32 Å². The largest absolute Gasteiger partial charge is 0.338 e. The highest BCUT2D eigenvalue weighted by atomic mass is 35.5. The molecule has 0 saturated carbocycles. The number of amides is 1. The molecule has 1 amide bonds. The summed E-state index contributed by atoms with van der Waals surface area (Å²) in [6, 6.07) is 18.3. The Balaban J connectivity index is 1.39. The van der Waals surface area contributed by atoms with Gasteiger partial charge in [-0.15, -0.1) is 5.10 Å². The molecule has 2 N–H and O–H groups in total. The van der Waals surface area contributed by atoms with Crippen LogP contribution in [0.15, 0.2) is 79.4 Å². The molecule has 3 heterocycles. The standard InChI is InChI=1S/C22H15ClN8O/c23-18-7-6-16(11-17(18)21-25-12-19(28-21)14-4-2-1-3-5-14)27-22(32)15-8-9-24-20(10-15)31-13-26-29-30-31/h1-13H,(H,25,28)(H,27,32). The Labute approximate surface area is 187 Å². The number of carbonyl (C=O) groups is 1. The molecule has 0 spiro atoms. The number of nitrogens with zero attached hydrogens (tertiary/aromatic N) is 6. The second kappa shape index (κ2) is 8.40. The van der Waals surface area contributed by atoms with E-state index in [-0.39, 0.29) is 5.91 Å². The molecule has 5 rings (SSSR count). The molecule has 0 aliphatic heterocycles. The zero-order valence-electron chi connectivity index (χ0n) is 16.5. The minimum Gasteiger partial charge on any atom is -0.338 e. The molecule has 0 unspecified atom stereocenters. The number of tetrazole rings is 1. The summed E-state index contributed by atoms with van der Waals surface area (Å²) in [6.07, 6.45) is 4.68. The third-order valence-electron chi connectivity index (χ3n) is 4.73. The molecule has 0 saturated heterocycles. The molecule has 3 aromatic heterocycles. The van der Waals surface area contributed by atoms with Gasteiger partial charge in [0.15, 0.2) is 5.82 Å². The maximum Gasteiger partial charge on any atom is 0.255 e. The Hall–Kier alpha value is -4.37. The summed E-state index contributed by atoms with van der Waals surface area (Å²) in [5, 5.41) is 14.3. The molecule has 0 bridgehead atoms. The molecule has 32 heavy (non-hydrogen) atoms. The Kier molecular flexibility index (Phi) is 5.14. The van der Waals surface area contributed by atoms with Gasteiger partial charge in [0.05, 0.1) is 16.9 Å². The molecular formula is C22H15ClN8O. The molecule has 0 aliphatic rings. The SMILES string of the molecule is O=C(Nc1ccc(Cl)c(-c2ncc(-c3ccccc3)[nH]2)c1)c1ccnc(-n2cnnn2)c1. The van der Waals surface area contributed by atoms with Crippen molar-refractivity contribution in [3.05, 3.63) is 90.0 Å². The molecule has 2 aromatic carbocycles. The first-order valence-corrected chi connectivity index (χ1v) is 9.96. The van der Waals surface area contributed by atoms with Crippen molar-refractivity contribution >= 4 is 23.2 Å². The van der Waals surface area contributed by atoms with E-state index in [0.29, 0.717) is 33.5 Å². The van der Waals surface area contributed by atoms with Crippen LogP contribution in [0.4, 0.5) is 5.69 Å². The van der Waals surface area contributed by atoms with Gasteiger partial charge in [-0.3, -0.25) is 4.79 Å². The summed E-state index contributed by atoms with van der Waals surface area (Å²) in [4.78, 5) is 24.7. The summed E-state index contributed by atoms with van der Waals surface area (Å²) in [6.45, 7) is 0. The van der Waals surface area contributed by atoms with Gasteiger partial charge >= 0.3 is 0 Å². The summed E-state index contributed by atoms with van der Waals surface area (Å²) in [5.41, 5.74) is 3.55. The van der Waals surface area contributed by atoms with E-state index in [1.807, 2.05) is 30.3 Å². The molecule has 156 valence electrons. The molecule has 0 atom stereocenters. The van der Waals surface area contributed by atoms with Gasteiger partial charge in [0.1, 0.15) is 12.2 Å². The van der Waals surface area contributed by atoms with Crippen molar-refractivity contribution in [1.29, 1.82) is 0 Å². The first kappa shape index (κ1) is 19.6. The number of benzene rings is 2. The fourth-order valence-electron chi connectivity index (χ4n) is 3.16. The van der Waals surface area contributed by atoms with E-state index in [1.54, 1.807) is 36.5 Å². The van der Waals surface area contributed by atoms with Gasteiger partial charge in [0.25, 0.3) is 5.91 Å². The van der Waals surface area contributed by atoms with E-state index in [0.717, 1.165) is 11.3 Å². The van der Waals surface area contributed by atoms with E-state index in [1.165, 1.54) is 17.2 Å². The zero-order valence-corrected chi connectivity index (χ0v) is 17.2. The average molecular weight is 443 g/mol. The lowest BCUT2D eigenvalue weighted by molar-refractivity contribution is 0.102. The number of carbonyl (C=O) groups excluding carboxylic acids is 1. The van der Waals surface area contributed by atoms with Crippen molar-refractivity contribution in [2.45, 2.75) is 0 Å². The van der Waals surface area contributed by atoms with Crippen LogP contribution in [0, 0.1) is 0 Å². The number of aromatic amines is 1. The molecule has 0 radical (unpaired) electrons. The smallest absolute Gasteiger partial charge is 0.255 e. The molecule has 5 aromatic rings. The van der Waals surface area contributed by atoms with Gasteiger partial charge in [-0.05, 0) is 46.3 Å². The lowest BCUT2D eigenvalue weighted by Crippen LogP contribution is -2.13. The van der Waals surface area contributed by atoms with Crippen LogP contribution in [0.2, 0.25) is 5.02 Å². The molecule has 0 aliphatic carbocycles. The number of pyridine rings is 1. The van der Waals surface area contributed by atoms with Crippen LogP contribution in [0.5, 0.6) is 0 Å². The maximum atomic E-state index is 12.8. The van der Waals surface area contributed by atoms with Gasteiger partial charge < -0.3 is 10.3 Å². The topological polar surface area (TPSA) is 114 Å². The van der Waals surface area contributed by atoms with Gasteiger partial charge in [-0.25, -0.2) is 9.97 Å². The number of hydrogen-bond acceptors (Lipinski definition) is 6. The highest BCUT2D eigenvalue weighted by Crippen LogP contribution is 2.30. The first-order valence-electron chi connectivity index (χ1n) is 9.58. The lowest BCUT2D eigenvalue weighted by Gasteiger charge is -2.09. The third-order valence-corrected chi connectivity index (χ3v) is 5.06. The van der Waals surface area contributed by atoms with Crippen molar-refractivity contribution in [1.82, 2.24) is 35.2 Å². The van der Waals surface area contributed by atoms with E-state index in [2.05, 4.69) is 35.8 Å². The summed E-state index contributed by atoms with van der Waals surface area (Å²) >= 11 is 6.41. The number of rotatable bonds is 5. The number of imidazole rings is 1. The number of halogens is 1. The monoisotopic (exact) mass is 442 g/mol. The summed E-state index contributed by atoms with van der Waals surface area (Å²) in [7, 11) is 0. The Morgan fingerprint density at radius 3 is 2.72 bits per heavy atom. The predicted octanol–water partition coefficient (Wildman–Crippen LogP) is 4.02. The van der Waals surface area contributed by atoms with Crippen LogP contribution in [0.1, 0.15) is 10.4 Å². The number of anilines is 1. The first-order chi connectivity index (χ1) is 15.7. The second-order valence-corrected chi connectivity index (χ2v) is 7.22. The van der Waals surface area contributed by atoms with Crippen LogP contribution in [-0.2, 0) is 0 Å². The fraction of sp³-hybridized carbons (Fsp3) is 0. The molecule has 10 heteroatoms. The van der Waals surface area contributed by atoms with Gasteiger partial charge in [0, 0.05) is 23.0 Å². The van der Waals surface area contributed by atoms with Crippen LogP contribution in [0.3, 0.4) is 0 Å². The second-order valence-electron chi connectivity index (χ2n) is 6.82. The van der Waals surface area contributed by atoms with Crippen molar-refractivity contribution in [2.75, 3.05) is 5.32 Å². The summed E-state index contributed by atoms with van der Waals surface area (Å²) < 4.78 is 1.37. The minimum atomic E-state index is -0.306. The van der Waals surface area contributed by atoms with Crippen molar-refractivity contribution in [3.8, 4) is 28.5 Å². The molecular weight excluding hydrogens is 428 g/mol. The average Bonchev–Trinajstić information content (AvgIpc) is 3.54. The van der Waals surface area contributed by atoms with Crippen LogP contribution in [0.25, 0.3) is 28.5 Å². The number of aromatic nitrogens is 7. The van der Waals surface area contributed by atoms with E-state index < -0.39 is 0 Å². The van der Waals surface area contributed by atoms with Gasteiger partial charge in [-0.2, -0.15) is 4.68 Å². The highest BCUT2D eigenvalue weighted by molar-refractivity contribution is 6.33. The Morgan fingerprint density at radius 1 is 1.03 bits per heavy atom. The Bertz CT molecular complexity index is 1380. The summed E-state index contributed by atoms with van der Waals surface area (Å²) in [5.74, 6) is 0.734. The zero-order chi connectivity index (χ0) is 21.9. The number of nitrogens with one attached hydrogen (secondary N) is 2. The van der Waals surface area contributed by atoms with Crippen molar-refractivity contribution in [3.63, 3.8) is 0 Å². The number of hydrogen-bond donors (Lipinski definition) is 2. The van der Waals surface area contributed by atoms with E-state index >= 15 is 0 Å². The van der Waals surface area contributed by atoms with E-state index in [4.69, 9.17) is 11.6 Å². The van der Waals surface area contributed by atoms with Crippen LogP contribution in [-0.4, -0.2) is 41.1 Å². The predicted molar refractivity (Wildman–Crippen MR) is 119 cm³/mol. The minimum absolute atomic E-state index is 0.306. The molecule has 9 nitrogen and oxygen atoms in total. The van der Waals surface area contributed by atoms with E-state index in [9.17, 15) is 4.79 Å². The Morgan fingerprint density at radius 2 is 1.91 bits per heavy atom. The fourth-order valence-corrected chi connectivity index (χ4v) is 3.37. The van der Waals surface area contributed by atoms with Gasteiger partial charge in [-0.1, -0.05) is 41.9 Å². The van der Waals surface area contributed by atoms with Crippen molar-refractivity contribution < 1.29 is 4.79 Å². The number of H-pyrrole nitrogens is 1. The van der Waals surface area contributed by atoms with Gasteiger partial charge in [0.2, 0.25) is 0 Å². The molecule has 0 fully saturated rings. The third kappa shape index (κ3) is 3.96. The quantitative estimate of drug-likeness (QED) is 0.425.